The van der Waals surface area contributed by atoms with Gasteiger partial charge in [0, 0.05) is 17.7 Å². The Morgan fingerprint density at radius 2 is 2.00 bits per heavy atom. The van der Waals surface area contributed by atoms with E-state index >= 15 is 0 Å². The van der Waals surface area contributed by atoms with Crippen molar-refractivity contribution in [2.75, 3.05) is 6.61 Å². The minimum absolute atomic E-state index is 0.302. The average Bonchev–Trinajstić information content (AvgIpc) is 2.93. The van der Waals surface area contributed by atoms with Crippen LogP contribution in [0.15, 0.2) is 48.7 Å². The van der Waals surface area contributed by atoms with Gasteiger partial charge in [0.25, 0.3) is 4.83 Å². The number of nitrogens with zero attached hydrogens (tertiary/aromatic N) is 1. The zero-order chi connectivity index (χ0) is 15.5. The topological polar surface area (TPSA) is 30.4 Å². The monoisotopic (exact) mass is 316 g/mol. The first kappa shape index (κ1) is 14.7. The first-order valence-electron chi connectivity index (χ1n) is 7.07. The summed E-state index contributed by atoms with van der Waals surface area (Å²) in [6.07, 6.45) is 2.66. The number of carbonyl (C=O) groups excluding carboxylic acids is 1. The molecule has 22 heavy (non-hydrogen) atoms. The molecule has 0 spiro atoms. The fourth-order valence-electron chi connectivity index (χ4n) is 2.23. The smallest absolute Gasteiger partial charge is 0.355 e. The highest BCUT2D eigenvalue weighted by Gasteiger charge is 2.28. The lowest BCUT2D eigenvalue weighted by Crippen LogP contribution is -2.22. The molecule has 112 valence electrons. The number of halogens is 1. The minimum atomic E-state index is -0.338. The molecule has 5 heteroatoms. The van der Waals surface area contributed by atoms with Crippen LogP contribution in [0.2, 0.25) is 0 Å². The number of aromatic nitrogens is 1. The number of pyridine rings is 1. The number of hydrogen-bond acceptors (Lipinski definition) is 3. The zero-order valence-electron chi connectivity index (χ0n) is 12.1. The van der Waals surface area contributed by atoms with E-state index in [9.17, 15) is 9.18 Å². The summed E-state index contributed by atoms with van der Waals surface area (Å²) in [7, 11) is 0. The molecule has 0 atom stereocenters. The van der Waals surface area contributed by atoms with E-state index in [1.165, 1.54) is 23.5 Å². The van der Waals surface area contributed by atoms with Crippen LogP contribution in [-0.4, -0.2) is 12.6 Å². The lowest BCUT2D eigenvalue weighted by molar-refractivity contribution is -0.495. The lowest BCUT2D eigenvalue weighted by Gasteiger charge is -2.01. The van der Waals surface area contributed by atoms with Gasteiger partial charge < -0.3 is 4.74 Å². The number of rotatable bonds is 4. The Hall–Kier alpha value is -2.27. The number of esters is 1. The molecule has 0 aliphatic rings. The summed E-state index contributed by atoms with van der Waals surface area (Å²) in [5, 5.41) is 0. The van der Waals surface area contributed by atoms with Gasteiger partial charge in [-0.2, -0.15) is 0 Å². The molecule has 2 heterocycles. The van der Waals surface area contributed by atoms with E-state index in [2.05, 4.69) is 0 Å². The molecule has 0 saturated heterocycles. The third kappa shape index (κ3) is 2.72. The van der Waals surface area contributed by atoms with Gasteiger partial charge >= 0.3 is 5.97 Å². The fraction of sp³-hybridized carbons (Fsp3) is 0.176. The fourth-order valence-corrected chi connectivity index (χ4v) is 3.30. The minimum Gasteiger partial charge on any atom is -0.461 e. The molecule has 0 radical (unpaired) electrons. The van der Waals surface area contributed by atoms with Crippen LogP contribution in [0.1, 0.15) is 23.0 Å². The number of hydrogen-bond donors (Lipinski definition) is 0. The van der Waals surface area contributed by atoms with Crippen molar-refractivity contribution in [1.82, 2.24) is 0 Å². The Bertz CT molecular complexity index is 811. The number of ether oxygens (including phenoxy) is 1. The molecule has 3 rings (SSSR count). The van der Waals surface area contributed by atoms with Crippen molar-refractivity contribution < 1.29 is 18.3 Å². The first-order valence-corrected chi connectivity index (χ1v) is 7.88. The Morgan fingerprint density at radius 3 is 2.73 bits per heavy atom. The summed E-state index contributed by atoms with van der Waals surface area (Å²) >= 11 is 1.38. The van der Waals surface area contributed by atoms with E-state index in [-0.39, 0.29) is 11.8 Å². The number of thiazole rings is 1. The van der Waals surface area contributed by atoms with Crippen LogP contribution in [0.5, 0.6) is 0 Å². The standard InChI is InChI=1S/C17H15FNO2S/c1-2-11-21-17(20)16-15(12-6-8-13(18)9-7-12)19-10-4-3-5-14(19)22-16/h3-10H,2,11H2,1H3/q+1. The molecule has 0 aliphatic carbocycles. The second-order valence-electron chi connectivity index (χ2n) is 4.83. The van der Waals surface area contributed by atoms with Gasteiger partial charge in [-0.1, -0.05) is 18.3 Å². The van der Waals surface area contributed by atoms with Gasteiger partial charge in [0.15, 0.2) is 11.1 Å². The molecule has 0 amide bonds. The number of fused-ring (bicyclic) bond motifs is 1. The van der Waals surface area contributed by atoms with Gasteiger partial charge in [-0.15, -0.1) is 4.40 Å². The summed E-state index contributed by atoms with van der Waals surface area (Å²) in [5.41, 5.74) is 1.52. The highest BCUT2D eigenvalue weighted by atomic mass is 32.1. The van der Waals surface area contributed by atoms with Crippen LogP contribution < -0.4 is 4.40 Å². The van der Waals surface area contributed by atoms with E-state index < -0.39 is 0 Å². The van der Waals surface area contributed by atoms with Gasteiger partial charge in [0.1, 0.15) is 5.82 Å². The highest BCUT2D eigenvalue weighted by Crippen LogP contribution is 2.28. The van der Waals surface area contributed by atoms with Crippen molar-refractivity contribution in [2.24, 2.45) is 0 Å². The zero-order valence-corrected chi connectivity index (χ0v) is 12.9. The predicted octanol–water partition coefficient (Wildman–Crippen LogP) is 3.86. The Morgan fingerprint density at radius 1 is 1.23 bits per heavy atom. The van der Waals surface area contributed by atoms with Crippen LogP contribution >= 0.6 is 11.3 Å². The molecule has 0 fully saturated rings. The summed E-state index contributed by atoms with van der Waals surface area (Å²) < 4.78 is 20.4. The van der Waals surface area contributed by atoms with Crippen molar-refractivity contribution >= 4 is 22.1 Å². The normalized spacial score (nSPS) is 10.8. The van der Waals surface area contributed by atoms with Crippen molar-refractivity contribution in [2.45, 2.75) is 13.3 Å². The molecule has 1 aromatic carbocycles. The van der Waals surface area contributed by atoms with Crippen LogP contribution in [-0.2, 0) is 4.74 Å². The van der Waals surface area contributed by atoms with E-state index in [1.807, 2.05) is 35.7 Å². The van der Waals surface area contributed by atoms with E-state index in [1.54, 1.807) is 12.1 Å². The van der Waals surface area contributed by atoms with Crippen LogP contribution in [0.3, 0.4) is 0 Å². The first-order chi connectivity index (χ1) is 10.7. The van der Waals surface area contributed by atoms with Gasteiger partial charge in [-0.3, -0.25) is 0 Å². The van der Waals surface area contributed by atoms with Crippen LogP contribution in [0, 0.1) is 5.82 Å². The third-order valence-corrected chi connectivity index (χ3v) is 4.33. The molecular weight excluding hydrogens is 301 g/mol. The second kappa shape index (κ2) is 6.23. The van der Waals surface area contributed by atoms with Crippen molar-refractivity contribution in [3.8, 4) is 11.3 Å². The summed E-state index contributed by atoms with van der Waals surface area (Å²) in [5.74, 6) is -0.640. The third-order valence-electron chi connectivity index (χ3n) is 3.23. The summed E-state index contributed by atoms with van der Waals surface area (Å²) in [4.78, 5) is 13.8. The van der Waals surface area contributed by atoms with Gasteiger partial charge in [0.05, 0.1) is 6.61 Å². The molecule has 3 aromatic rings. The van der Waals surface area contributed by atoms with Crippen molar-refractivity contribution in [3.05, 3.63) is 59.4 Å². The maximum absolute atomic E-state index is 13.2. The molecule has 0 unspecified atom stereocenters. The second-order valence-corrected chi connectivity index (χ2v) is 5.86. The molecule has 0 bridgehead atoms. The molecular formula is C17H15FNO2S+. The van der Waals surface area contributed by atoms with E-state index in [0.717, 1.165) is 22.5 Å². The summed E-state index contributed by atoms with van der Waals surface area (Å²) in [6.45, 7) is 2.34. The molecule has 0 aliphatic heterocycles. The number of carbonyl (C=O) groups is 1. The quantitative estimate of drug-likeness (QED) is 0.540. The highest BCUT2D eigenvalue weighted by molar-refractivity contribution is 7.19. The molecule has 0 N–H and O–H groups in total. The molecule has 0 saturated carbocycles. The summed E-state index contributed by atoms with van der Waals surface area (Å²) in [6, 6.07) is 11.9. The predicted molar refractivity (Wildman–Crippen MR) is 83.4 cm³/mol. The molecule has 3 nitrogen and oxygen atoms in total. The lowest BCUT2D eigenvalue weighted by atomic mass is 10.1. The van der Waals surface area contributed by atoms with Crippen molar-refractivity contribution in [3.63, 3.8) is 0 Å². The van der Waals surface area contributed by atoms with E-state index in [4.69, 9.17) is 4.74 Å². The maximum Gasteiger partial charge on any atom is 0.355 e. The van der Waals surface area contributed by atoms with Gasteiger partial charge in [-0.05, 0) is 36.8 Å². The maximum atomic E-state index is 13.2. The number of benzene rings is 1. The Kier molecular flexibility index (Phi) is 4.15. The molecule has 2 aromatic heterocycles. The van der Waals surface area contributed by atoms with Crippen LogP contribution in [0.4, 0.5) is 4.39 Å². The Labute approximate surface area is 131 Å². The SMILES string of the molecule is CCCOC(=O)c1sc2cccc[n+]2c1-c1ccc(F)cc1. The Balaban J connectivity index is 2.16. The average molecular weight is 316 g/mol. The van der Waals surface area contributed by atoms with Crippen molar-refractivity contribution in [1.29, 1.82) is 0 Å². The van der Waals surface area contributed by atoms with E-state index in [0.29, 0.717) is 11.5 Å². The van der Waals surface area contributed by atoms with Gasteiger partial charge in [0.2, 0.25) is 5.69 Å². The van der Waals surface area contributed by atoms with Gasteiger partial charge in [-0.25, -0.2) is 9.18 Å². The largest absolute Gasteiger partial charge is 0.461 e. The van der Waals surface area contributed by atoms with Crippen LogP contribution in [0.25, 0.3) is 16.1 Å².